The monoisotopic (exact) mass is 408 g/mol. The smallest absolute Gasteiger partial charge is 0.329 e. The fourth-order valence-corrected chi connectivity index (χ4v) is 3.47. The summed E-state index contributed by atoms with van der Waals surface area (Å²) in [5, 5.41) is 1.72. The van der Waals surface area contributed by atoms with E-state index in [1.807, 2.05) is 0 Å². The lowest BCUT2D eigenvalue weighted by molar-refractivity contribution is -0.123. The number of nitrogens with one attached hydrogen (secondary N) is 1. The first-order chi connectivity index (χ1) is 13.0. The highest BCUT2D eigenvalue weighted by Gasteiger charge is 2.18. The molecule has 0 heterocycles. The number of halogens is 1. The third-order valence-electron chi connectivity index (χ3n) is 4.39. The summed E-state index contributed by atoms with van der Waals surface area (Å²) in [6.45, 7) is 1.04. The van der Waals surface area contributed by atoms with Crippen LogP contribution in [0.2, 0.25) is 0 Å². The van der Waals surface area contributed by atoms with Gasteiger partial charge in [0.25, 0.3) is 5.91 Å². The highest BCUT2D eigenvalue weighted by atomic mass is 31.2. The molecule has 1 aliphatic carbocycles. The molecule has 0 aromatic rings. The van der Waals surface area contributed by atoms with E-state index in [9.17, 15) is 18.9 Å². The zero-order valence-electron chi connectivity index (χ0n) is 15.9. The van der Waals surface area contributed by atoms with Crippen LogP contribution in [0.15, 0.2) is 12.0 Å². The van der Waals surface area contributed by atoms with E-state index in [2.05, 4.69) is 0 Å². The normalized spacial score (nSPS) is 18.0. The number of amides is 2. The molecule has 0 aliphatic heterocycles. The quantitative estimate of drug-likeness (QED) is 0.274. The fraction of sp³-hybridized carbons (Fsp3) is 0.765. The van der Waals surface area contributed by atoms with Crippen LogP contribution in [0.5, 0.6) is 0 Å². The SMILES string of the molecule is COC(CCN(C)/C=C(/F)C(=O)NC=O)COP(O)OCC1CCCCC1. The Balaban J connectivity index is 2.25. The van der Waals surface area contributed by atoms with Gasteiger partial charge in [-0.25, -0.2) is 0 Å². The van der Waals surface area contributed by atoms with E-state index in [-0.39, 0.29) is 19.1 Å². The van der Waals surface area contributed by atoms with Gasteiger partial charge < -0.3 is 23.6 Å². The molecule has 8 nitrogen and oxygen atoms in total. The third-order valence-corrected chi connectivity index (χ3v) is 5.13. The summed E-state index contributed by atoms with van der Waals surface area (Å²) in [5.41, 5.74) is 0. The first-order valence-electron chi connectivity index (χ1n) is 9.06. The molecule has 1 rings (SSSR count). The van der Waals surface area contributed by atoms with Crippen LogP contribution in [0.25, 0.3) is 0 Å². The maximum Gasteiger partial charge on any atom is 0.329 e. The summed E-state index contributed by atoms with van der Waals surface area (Å²) < 4.78 is 29.5. The number of hydrogen-bond donors (Lipinski definition) is 2. The minimum absolute atomic E-state index is 0.123. The second kappa shape index (κ2) is 14.0. The number of nitrogens with zero attached hydrogens (tertiary/aromatic N) is 1. The maximum atomic E-state index is 13.5. The van der Waals surface area contributed by atoms with E-state index < -0.39 is 20.3 Å². The van der Waals surface area contributed by atoms with Crippen LogP contribution in [0.3, 0.4) is 0 Å². The van der Waals surface area contributed by atoms with Crippen LogP contribution in [0.4, 0.5) is 4.39 Å². The predicted molar refractivity (Wildman–Crippen MR) is 99.1 cm³/mol. The molecule has 2 atom stereocenters. The minimum atomic E-state index is -1.95. The molecule has 0 aromatic heterocycles. The highest BCUT2D eigenvalue weighted by molar-refractivity contribution is 7.40. The first kappa shape index (κ1) is 23.9. The molecule has 0 radical (unpaired) electrons. The highest BCUT2D eigenvalue weighted by Crippen LogP contribution is 2.35. The summed E-state index contributed by atoms with van der Waals surface area (Å²) in [7, 11) is 1.16. The van der Waals surface area contributed by atoms with Crippen molar-refractivity contribution in [2.75, 3.05) is 33.9 Å². The molecule has 1 aliphatic rings. The van der Waals surface area contributed by atoms with Crippen LogP contribution in [-0.2, 0) is 23.4 Å². The Kier molecular flexibility index (Phi) is 12.4. The molecular weight excluding hydrogens is 378 g/mol. The summed E-state index contributed by atoms with van der Waals surface area (Å²) in [6.07, 6.45) is 7.24. The van der Waals surface area contributed by atoms with Gasteiger partial charge in [0.05, 0.1) is 19.3 Å². The van der Waals surface area contributed by atoms with Gasteiger partial charge in [-0.3, -0.25) is 14.9 Å². The van der Waals surface area contributed by atoms with Crippen molar-refractivity contribution >= 4 is 20.9 Å². The number of carbonyl (C=O) groups is 2. The number of ether oxygens (including phenoxy) is 1. The molecular formula is C17H30FN2O6P. The van der Waals surface area contributed by atoms with Crippen LogP contribution in [0.1, 0.15) is 38.5 Å². The molecule has 156 valence electrons. The lowest BCUT2D eigenvalue weighted by Gasteiger charge is -2.23. The molecule has 2 unspecified atom stereocenters. The summed E-state index contributed by atoms with van der Waals surface area (Å²) in [5.74, 6) is -1.67. The van der Waals surface area contributed by atoms with Crippen molar-refractivity contribution in [1.82, 2.24) is 10.2 Å². The Labute approximate surface area is 161 Å². The van der Waals surface area contributed by atoms with E-state index in [1.165, 1.54) is 31.3 Å². The van der Waals surface area contributed by atoms with Crippen LogP contribution in [-0.4, -0.2) is 62.1 Å². The van der Waals surface area contributed by atoms with Crippen LogP contribution < -0.4 is 5.32 Å². The zero-order valence-corrected chi connectivity index (χ0v) is 16.8. The van der Waals surface area contributed by atoms with Crippen LogP contribution >= 0.6 is 8.60 Å². The van der Waals surface area contributed by atoms with E-state index in [4.69, 9.17) is 13.8 Å². The molecule has 0 aromatic carbocycles. The third kappa shape index (κ3) is 10.7. The Morgan fingerprint density at radius 1 is 1.37 bits per heavy atom. The van der Waals surface area contributed by atoms with Crippen molar-refractivity contribution in [2.45, 2.75) is 44.6 Å². The molecule has 0 saturated heterocycles. The van der Waals surface area contributed by atoms with Gasteiger partial charge >= 0.3 is 8.60 Å². The van der Waals surface area contributed by atoms with Gasteiger partial charge in [-0.05, 0) is 25.2 Å². The Morgan fingerprint density at radius 2 is 2.07 bits per heavy atom. The predicted octanol–water partition coefficient (Wildman–Crippen LogP) is 2.24. The van der Waals surface area contributed by atoms with E-state index in [1.54, 1.807) is 12.4 Å². The molecule has 0 bridgehead atoms. The van der Waals surface area contributed by atoms with Crippen molar-refractivity contribution in [3.8, 4) is 0 Å². The lowest BCUT2D eigenvalue weighted by atomic mass is 9.90. The Hall–Kier alpha value is -1.12. The minimum Gasteiger partial charge on any atom is -0.379 e. The zero-order chi connectivity index (χ0) is 20.1. The molecule has 1 saturated carbocycles. The number of methoxy groups -OCH3 is 1. The Bertz CT molecular complexity index is 476. The molecule has 1 fully saturated rings. The largest absolute Gasteiger partial charge is 0.379 e. The summed E-state index contributed by atoms with van der Waals surface area (Å²) in [4.78, 5) is 32.6. The van der Waals surface area contributed by atoms with Gasteiger partial charge in [0.15, 0.2) is 0 Å². The van der Waals surface area contributed by atoms with Gasteiger partial charge in [-0.2, -0.15) is 4.39 Å². The lowest BCUT2D eigenvalue weighted by Crippen LogP contribution is -2.26. The van der Waals surface area contributed by atoms with Gasteiger partial charge in [0, 0.05) is 26.9 Å². The second-order valence-corrected chi connectivity index (χ2v) is 7.52. The van der Waals surface area contributed by atoms with Gasteiger partial charge in [-0.1, -0.05) is 19.3 Å². The number of imide groups is 1. The number of hydrogen-bond acceptors (Lipinski definition) is 7. The topological polar surface area (TPSA) is 97.3 Å². The fourth-order valence-electron chi connectivity index (χ4n) is 2.76. The summed E-state index contributed by atoms with van der Waals surface area (Å²) >= 11 is 0. The standard InChI is InChI=1S/C17H30FN2O6P/c1-20(10-16(18)17(22)19-13-21)9-8-15(24-2)12-26-27(23)25-11-14-6-4-3-5-7-14/h10,13-15,23H,3-9,11-12H2,1-2H3,(H,19,21,22)/b16-10+. The molecule has 10 heteroatoms. The van der Waals surface area contributed by atoms with Crippen molar-refractivity contribution < 1.29 is 32.7 Å². The second-order valence-electron chi connectivity index (χ2n) is 6.53. The summed E-state index contributed by atoms with van der Waals surface area (Å²) in [6, 6.07) is 0. The van der Waals surface area contributed by atoms with E-state index >= 15 is 0 Å². The van der Waals surface area contributed by atoms with Crippen molar-refractivity contribution in [1.29, 1.82) is 0 Å². The van der Waals surface area contributed by atoms with Gasteiger partial charge in [0.2, 0.25) is 12.2 Å². The van der Waals surface area contributed by atoms with Crippen molar-refractivity contribution in [3.63, 3.8) is 0 Å². The van der Waals surface area contributed by atoms with E-state index in [0.717, 1.165) is 19.0 Å². The van der Waals surface area contributed by atoms with E-state index in [0.29, 0.717) is 25.5 Å². The molecule has 2 N–H and O–H groups in total. The molecule has 0 spiro atoms. The van der Waals surface area contributed by atoms with Gasteiger partial charge in [-0.15, -0.1) is 0 Å². The number of carbonyl (C=O) groups excluding carboxylic acids is 2. The number of rotatable bonds is 13. The van der Waals surface area contributed by atoms with Crippen LogP contribution in [0, 0.1) is 5.92 Å². The van der Waals surface area contributed by atoms with Crippen molar-refractivity contribution in [2.24, 2.45) is 5.92 Å². The maximum absolute atomic E-state index is 13.5. The van der Waals surface area contributed by atoms with Gasteiger partial charge in [0.1, 0.15) is 0 Å². The Morgan fingerprint density at radius 3 is 2.70 bits per heavy atom. The average molecular weight is 408 g/mol. The average Bonchev–Trinajstić information content (AvgIpc) is 2.67. The first-order valence-corrected chi connectivity index (χ1v) is 10.2. The molecule has 27 heavy (non-hydrogen) atoms. The van der Waals surface area contributed by atoms with Crippen molar-refractivity contribution in [3.05, 3.63) is 12.0 Å². The molecule has 2 amide bonds.